The summed E-state index contributed by atoms with van der Waals surface area (Å²) in [5.41, 5.74) is 2.65. The van der Waals surface area contributed by atoms with E-state index in [0.29, 0.717) is 25.1 Å². The van der Waals surface area contributed by atoms with Crippen LogP contribution < -0.4 is 10.1 Å². The van der Waals surface area contributed by atoms with Gasteiger partial charge in [0.05, 0.1) is 12.9 Å². The largest absolute Gasteiger partial charge is 0.497 e. The molecule has 1 amide bonds. The number of sulfonamides is 1. The van der Waals surface area contributed by atoms with E-state index < -0.39 is 10.0 Å². The molecule has 3 aromatic rings. The van der Waals surface area contributed by atoms with Crippen LogP contribution in [0.5, 0.6) is 5.75 Å². The van der Waals surface area contributed by atoms with Crippen molar-refractivity contribution in [3.8, 4) is 5.75 Å². The molecule has 0 bridgehead atoms. The summed E-state index contributed by atoms with van der Waals surface area (Å²) in [7, 11) is -1.86. The van der Waals surface area contributed by atoms with Crippen molar-refractivity contribution >= 4 is 26.7 Å². The van der Waals surface area contributed by atoms with Crippen molar-refractivity contribution in [3.05, 3.63) is 77.4 Å². The molecule has 1 aliphatic heterocycles. The first-order chi connectivity index (χ1) is 14.5. The number of methoxy groups -OCH3 is 1. The van der Waals surface area contributed by atoms with E-state index in [1.807, 2.05) is 54.6 Å². The van der Waals surface area contributed by atoms with E-state index in [1.54, 1.807) is 13.2 Å². The maximum Gasteiger partial charge on any atom is 0.251 e. The Morgan fingerprint density at radius 1 is 1.07 bits per heavy atom. The van der Waals surface area contributed by atoms with Crippen molar-refractivity contribution in [2.45, 2.75) is 13.0 Å². The Morgan fingerprint density at radius 2 is 1.87 bits per heavy atom. The quantitative estimate of drug-likeness (QED) is 0.660. The van der Waals surface area contributed by atoms with E-state index in [9.17, 15) is 13.2 Å². The Hall–Kier alpha value is -2.90. The van der Waals surface area contributed by atoms with E-state index in [4.69, 9.17) is 4.74 Å². The molecule has 156 valence electrons. The van der Waals surface area contributed by atoms with Crippen LogP contribution in [-0.4, -0.2) is 44.6 Å². The van der Waals surface area contributed by atoms with Crippen LogP contribution in [0.1, 0.15) is 21.5 Å². The first kappa shape index (κ1) is 20.4. The molecule has 30 heavy (non-hydrogen) atoms. The molecule has 0 saturated carbocycles. The highest BCUT2D eigenvalue weighted by molar-refractivity contribution is 7.89. The highest BCUT2D eigenvalue weighted by atomic mass is 32.2. The molecule has 1 aliphatic rings. The molecule has 0 fully saturated rings. The van der Waals surface area contributed by atoms with E-state index in [1.165, 1.54) is 4.31 Å². The molecule has 0 unspecified atom stereocenters. The summed E-state index contributed by atoms with van der Waals surface area (Å²) < 4.78 is 32.3. The molecule has 6 nitrogen and oxygen atoms in total. The van der Waals surface area contributed by atoms with Crippen LogP contribution in [0.25, 0.3) is 10.8 Å². The zero-order chi connectivity index (χ0) is 21.1. The Bertz CT molecular complexity index is 1190. The van der Waals surface area contributed by atoms with Gasteiger partial charge in [-0.1, -0.05) is 42.5 Å². The molecule has 3 aromatic carbocycles. The molecule has 0 spiro atoms. The van der Waals surface area contributed by atoms with Crippen LogP contribution in [0.2, 0.25) is 0 Å². The molecule has 4 rings (SSSR count). The molecular weight excluding hydrogens is 400 g/mol. The van der Waals surface area contributed by atoms with Gasteiger partial charge in [0.2, 0.25) is 10.0 Å². The summed E-state index contributed by atoms with van der Waals surface area (Å²) in [6.07, 6.45) is 0.647. The zero-order valence-electron chi connectivity index (χ0n) is 16.8. The third kappa shape index (κ3) is 4.17. The van der Waals surface area contributed by atoms with Gasteiger partial charge in [-0.3, -0.25) is 4.79 Å². The average molecular weight is 425 g/mol. The summed E-state index contributed by atoms with van der Waals surface area (Å²) in [6.45, 7) is 0.842. The lowest BCUT2D eigenvalue weighted by Gasteiger charge is -2.28. The number of fused-ring (bicyclic) bond motifs is 2. The minimum Gasteiger partial charge on any atom is -0.497 e. The summed E-state index contributed by atoms with van der Waals surface area (Å²) in [4.78, 5) is 12.6. The molecule has 0 saturated heterocycles. The van der Waals surface area contributed by atoms with Crippen LogP contribution in [0.15, 0.2) is 60.7 Å². The van der Waals surface area contributed by atoms with Gasteiger partial charge in [0.25, 0.3) is 5.91 Å². The Balaban J connectivity index is 1.39. The first-order valence-electron chi connectivity index (χ1n) is 9.87. The van der Waals surface area contributed by atoms with Gasteiger partial charge in [-0.2, -0.15) is 4.31 Å². The van der Waals surface area contributed by atoms with Crippen LogP contribution in [-0.2, 0) is 23.0 Å². The van der Waals surface area contributed by atoms with Gasteiger partial charge in [0.15, 0.2) is 0 Å². The van der Waals surface area contributed by atoms with Crippen molar-refractivity contribution in [3.63, 3.8) is 0 Å². The van der Waals surface area contributed by atoms with Gasteiger partial charge in [-0.05, 0) is 46.5 Å². The summed E-state index contributed by atoms with van der Waals surface area (Å²) >= 11 is 0. The number of nitrogens with one attached hydrogen (secondary N) is 1. The van der Waals surface area contributed by atoms with Gasteiger partial charge in [-0.25, -0.2) is 8.42 Å². The molecule has 1 heterocycles. The van der Waals surface area contributed by atoms with Crippen LogP contribution >= 0.6 is 0 Å². The SMILES string of the molecule is COc1ccc2c(c1)CCN(S(=O)(=O)CCNC(=O)c1cccc3ccccc13)C2. The molecule has 0 aliphatic carbocycles. The van der Waals surface area contributed by atoms with Crippen LogP contribution in [0.3, 0.4) is 0 Å². The third-order valence-corrected chi connectivity index (χ3v) is 7.28. The summed E-state index contributed by atoms with van der Waals surface area (Å²) in [5, 5.41) is 4.58. The minimum absolute atomic E-state index is 0.0658. The van der Waals surface area contributed by atoms with E-state index in [0.717, 1.165) is 27.6 Å². The van der Waals surface area contributed by atoms with Gasteiger partial charge in [0.1, 0.15) is 5.75 Å². The number of carbonyl (C=O) groups is 1. The Kier molecular flexibility index (Phi) is 5.74. The fraction of sp³-hybridized carbons (Fsp3) is 0.261. The predicted molar refractivity (Wildman–Crippen MR) is 117 cm³/mol. The first-order valence-corrected chi connectivity index (χ1v) is 11.5. The Labute approximate surface area is 176 Å². The fourth-order valence-electron chi connectivity index (χ4n) is 3.81. The number of benzene rings is 3. The van der Waals surface area contributed by atoms with Gasteiger partial charge in [0, 0.05) is 25.2 Å². The van der Waals surface area contributed by atoms with E-state index in [-0.39, 0.29) is 18.2 Å². The lowest BCUT2D eigenvalue weighted by atomic mass is 10.0. The minimum atomic E-state index is -3.47. The molecular formula is C23H24N2O4S. The number of rotatable bonds is 6. The molecule has 7 heteroatoms. The van der Waals surface area contributed by atoms with Gasteiger partial charge >= 0.3 is 0 Å². The van der Waals surface area contributed by atoms with Crippen molar-refractivity contribution in [2.24, 2.45) is 0 Å². The van der Waals surface area contributed by atoms with Crippen molar-refractivity contribution < 1.29 is 17.9 Å². The topological polar surface area (TPSA) is 75.7 Å². The van der Waals surface area contributed by atoms with E-state index in [2.05, 4.69) is 5.32 Å². The maximum absolute atomic E-state index is 12.8. The summed E-state index contributed by atoms with van der Waals surface area (Å²) in [5.74, 6) is 0.383. The van der Waals surface area contributed by atoms with Crippen molar-refractivity contribution in [2.75, 3.05) is 26.0 Å². The second kappa shape index (κ2) is 8.45. The van der Waals surface area contributed by atoms with Crippen LogP contribution in [0, 0.1) is 0 Å². The Morgan fingerprint density at radius 3 is 2.70 bits per heavy atom. The highest BCUT2D eigenvalue weighted by Gasteiger charge is 2.26. The second-order valence-corrected chi connectivity index (χ2v) is 9.41. The van der Waals surface area contributed by atoms with E-state index >= 15 is 0 Å². The number of hydrogen-bond donors (Lipinski definition) is 1. The van der Waals surface area contributed by atoms with Crippen molar-refractivity contribution in [1.29, 1.82) is 0 Å². The number of hydrogen-bond acceptors (Lipinski definition) is 4. The highest BCUT2D eigenvalue weighted by Crippen LogP contribution is 2.25. The summed E-state index contributed by atoms with van der Waals surface area (Å²) in [6, 6.07) is 18.9. The lowest BCUT2D eigenvalue weighted by molar-refractivity contribution is 0.0957. The third-order valence-electron chi connectivity index (χ3n) is 5.46. The second-order valence-electron chi connectivity index (χ2n) is 7.32. The number of amides is 1. The predicted octanol–water partition coefficient (Wildman–Crippen LogP) is 2.97. The van der Waals surface area contributed by atoms with Crippen molar-refractivity contribution in [1.82, 2.24) is 9.62 Å². The normalized spacial score (nSPS) is 14.3. The fourth-order valence-corrected chi connectivity index (χ4v) is 5.13. The standard InChI is InChI=1S/C23H24N2O4S/c1-29-20-10-9-19-16-25(13-11-18(19)15-20)30(27,28)14-12-24-23(26)22-8-4-6-17-5-2-3-7-21(17)22/h2-10,15H,11-14,16H2,1H3,(H,24,26). The number of ether oxygens (including phenoxy) is 1. The lowest BCUT2D eigenvalue weighted by Crippen LogP contribution is -2.40. The van der Waals surface area contributed by atoms with Gasteiger partial charge < -0.3 is 10.1 Å². The zero-order valence-corrected chi connectivity index (χ0v) is 17.6. The monoisotopic (exact) mass is 424 g/mol. The number of nitrogens with zero attached hydrogens (tertiary/aromatic N) is 1. The van der Waals surface area contributed by atoms with Gasteiger partial charge in [-0.15, -0.1) is 0 Å². The number of carbonyl (C=O) groups excluding carboxylic acids is 1. The molecule has 0 aromatic heterocycles. The molecule has 1 N–H and O–H groups in total. The average Bonchev–Trinajstić information content (AvgIpc) is 2.77. The molecule has 0 radical (unpaired) electrons. The smallest absolute Gasteiger partial charge is 0.251 e. The maximum atomic E-state index is 12.8. The van der Waals surface area contributed by atoms with Crippen LogP contribution in [0.4, 0.5) is 0 Å². The molecule has 0 atom stereocenters.